The van der Waals surface area contributed by atoms with Gasteiger partial charge in [-0.15, -0.1) is 16.8 Å². The van der Waals surface area contributed by atoms with E-state index in [9.17, 15) is 9.59 Å². The molecule has 3 rings (SSSR count). The van der Waals surface area contributed by atoms with E-state index >= 15 is 0 Å². The van der Waals surface area contributed by atoms with E-state index in [2.05, 4.69) is 22.1 Å². The maximum Gasteiger partial charge on any atom is 0.248 e. The predicted molar refractivity (Wildman–Crippen MR) is 123 cm³/mol. The molecule has 3 N–H and O–H groups in total. The molecule has 0 radical (unpaired) electrons. The molecule has 0 bridgehead atoms. The number of nitrogens with two attached hydrogens (primary N) is 1. The third-order valence-electron chi connectivity index (χ3n) is 4.46. The maximum absolute atomic E-state index is 12.4. The van der Waals surface area contributed by atoms with Gasteiger partial charge in [0, 0.05) is 23.4 Å². The Hall–Kier alpha value is -3.79. The Morgan fingerprint density at radius 1 is 1.12 bits per heavy atom. The lowest BCUT2D eigenvalue weighted by Gasteiger charge is -2.11. The number of nitrogens with one attached hydrogen (secondary N) is 1. The third-order valence-corrected chi connectivity index (χ3v) is 5.42. The number of rotatable bonds is 10. The van der Waals surface area contributed by atoms with Crippen molar-refractivity contribution in [3.8, 4) is 22.9 Å². The van der Waals surface area contributed by atoms with E-state index < -0.39 is 5.91 Å². The molecule has 2 aromatic carbocycles. The summed E-state index contributed by atoms with van der Waals surface area (Å²) < 4.78 is 12.5. The molecule has 1 heterocycles. The zero-order chi connectivity index (χ0) is 23.1. The summed E-state index contributed by atoms with van der Waals surface area (Å²) in [5.74, 6) is 1.19. The fourth-order valence-electron chi connectivity index (χ4n) is 2.92. The van der Waals surface area contributed by atoms with E-state index in [1.807, 2.05) is 16.7 Å². The SMILES string of the molecule is C=CCn1c(SCC(=O)Nc2ccc(C(N)=O)cc2)nnc1-c1ccc(OC)c(OC)c1. The summed E-state index contributed by atoms with van der Waals surface area (Å²) in [7, 11) is 3.14. The van der Waals surface area contributed by atoms with Gasteiger partial charge in [-0.25, -0.2) is 0 Å². The summed E-state index contributed by atoms with van der Waals surface area (Å²) in [5, 5.41) is 11.9. The summed E-state index contributed by atoms with van der Waals surface area (Å²) in [4.78, 5) is 23.5. The van der Waals surface area contributed by atoms with Crippen molar-refractivity contribution >= 4 is 29.3 Å². The molecule has 0 spiro atoms. The second-order valence-electron chi connectivity index (χ2n) is 6.55. The van der Waals surface area contributed by atoms with Crippen LogP contribution in [-0.4, -0.2) is 46.6 Å². The van der Waals surface area contributed by atoms with Crippen LogP contribution in [0.4, 0.5) is 5.69 Å². The van der Waals surface area contributed by atoms with Crippen LogP contribution in [0.3, 0.4) is 0 Å². The Morgan fingerprint density at radius 2 is 1.84 bits per heavy atom. The van der Waals surface area contributed by atoms with Gasteiger partial charge < -0.3 is 20.5 Å². The zero-order valence-electron chi connectivity index (χ0n) is 17.7. The molecular formula is C22H23N5O4S. The van der Waals surface area contributed by atoms with Gasteiger partial charge in [-0.3, -0.25) is 14.2 Å². The summed E-state index contributed by atoms with van der Waals surface area (Å²) >= 11 is 1.25. The highest BCUT2D eigenvalue weighted by Crippen LogP contribution is 2.33. The molecule has 0 fully saturated rings. The summed E-state index contributed by atoms with van der Waals surface area (Å²) in [6, 6.07) is 11.8. The minimum Gasteiger partial charge on any atom is -0.493 e. The minimum atomic E-state index is -0.523. The van der Waals surface area contributed by atoms with Crippen LogP contribution in [0.2, 0.25) is 0 Å². The first kappa shape index (κ1) is 22.9. The average molecular weight is 454 g/mol. The number of methoxy groups -OCH3 is 2. The van der Waals surface area contributed by atoms with Crippen LogP contribution in [0, 0.1) is 0 Å². The lowest BCUT2D eigenvalue weighted by atomic mass is 10.2. The van der Waals surface area contributed by atoms with Gasteiger partial charge in [0.1, 0.15) is 0 Å². The van der Waals surface area contributed by atoms with Crippen molar-refractivity contribution in [2.75, 3.05) is 25.3 Å². The Labute approximate surface area is 189 Å². The number of benzene rings is 2. The largest absolute Gasteiger partial charge is 0.493 e. The van der Waals surface area contributed by atoms with E-state index in [0.717, 1.165) is 5.56 Å². The first-order valence-electron chi connectivity index (χ1n) is 9.55. The van der Waals surface area contributed by atoms with Crippen LogP contribution < -0.4 is 20.5 Å². The van der Waals surface area contributed by atoms with E-state index in [-0.39, 0.29) is 11.7 Å². The van der Waals surface area contributed by atoms with Crippen molar-refractivity contribution in [1.82, 2.24) is 14.8 Å². The number of aromatic nitrogens is 3. The Kier molecular flexibility index (Phi) is 7.50. The smallest absolute Gasteiger partial charge is 0.248 e. The normalized spacial score (nSPS) is 10.4. The number of carbonyl (C=O) groups excluding carboxylic acids is 2. The number of carbonyl (C=O) groups is 2. The van der Waals surface area contributed by atoms with Gasteiger partial charge in [0.15, 0.2) is 22.5 Å². The Bertz CT molecular complexity index is 1130. The minimum absolute atomic E-state index is 0.124. The highest BCUT2D eigenvalue weighted by Gasteiger charge is 2.17. The molecular weight excluding hydrogens is 430 g/mol. The van der Waals surface area contributed by atoms with Crippen molar-refractivity contribution in [3.63, 3.8) is 0 Å². The summed E-state index contributed by atoms with van der Waals surface area (Å²) in [6.45, 7) is 4.27. The van der Waals surface area contributed by atoms with Gasteiger partial charge in [-0.05, 0) is 42.5 Å². The van der Waals surface area contributed by atoms with Gasteiger partial charge in [0.2, 0.25) is 11.8 Å². The number of hydrogen-bond donors (Lipinski definition) is 2. The molecule has 0 atom stereocenters. The predicted octanol–water partition coefficient (Wildman–Crippen LogP) is 2.98. The first-order chi connectivity index (χ1) is 15.5. The lowest BCUT2D eigenvalue weighted by molar-refractivity contribution is -0.113. The van der Waals surface area contributed by atoms with E-state index in [4.69, 9.17) is 15.2 Å². The van der Waals surface area contributed by atoms with E-state index in [0.29, 0.717) is 40.3 Å². The van der Waals surface area contributed by atoms with Gasteiger partial charge >= 0.3 is 0 Å². The summed E-state index contributed by atoms with van der Waals surface area (Å²) in [6.07, 6.45) is 1.73. The molecule has 9 nitrogen and oxygen atoms in total. The van der Waals surface area contributed by atoms with Gasteiger partial charge in [0.25, 0.3) is 0 Å². The molecule has 0 unspecified atom stereocenters. The Balaban J connectivity index is 1.73. The van der Waals surface area contributed by atoms with Crippen molar-refractivity contribution in [2.24, 2.45) is 5.73 Å². The average Bonchev–Trinajstić information content (AvgIpc) is 3.20. The molecule has 0 saturated heterocycles. The number of primary amides is 1. The molecule has 1 aromatic heterocycles. The van der Waals surface area contributed by atoms with Crippen molar-refractivity contribution in [1.29, 1.82) is 0 Å². The van der Waals surface area contributed by atoms with Crippen LogP contribution in [-0.2, 0) is 11.3 Å². The van der Waals surface area contributed by atoms with Crippen molar-refractivity contribution in [2.45, 2.75) is 11.7 Å². The van der Waals surface area contributed by atoms with Crippen molar-refractivity contribution in [3.05, 3.63) is 60.7 Å². The molecule has 0 aliphatic heterocycles. The second-order valence-corrected chi connectivity index (χ2v) is 7.50. The molecule has 2 amide bonds. The number of hydrogen-bond acceptors (Lipinski definition) is 7. The third kappa shape index (κ3) is 5.27. The van der Waals surface area contributed by atoms with Gasteiger partial charge in [-0.2, -0.15) is 0 Å². The monoisotopic (exact) mass is 453 g/mol. The molecule has 3 aromatic rings. The van der Waals surface area contributed by atoms with Crippen LogP contribution in [0.5, 0.6) is 11.5 Å². The molecule has 32 heavy (non-hydrogen) atoms. The standard InChI is InChI=1S/C22H23N5O4S/c1-4-11-27-21(15-7-10-17(30-2)18(12-15)31-3)25-26-22(27)32-13-19(28)24-16-8-5-14(6-9-16)20(23)29/h4-10,12H,1,11,13H2,2-3H3,(H2,23,29)(H,24,28). The van der Waals surface area contributed by atoms with Crippen LogP contribution in [0.15, 0.2) is 60.3 Å². The fourth-order valence-corrected chi connectivity index (χ4v) is 3.67. The number of ether oxygens (including phenoxy) is 2. The van der Waals surface area contributed by atoms with Crippen molar-refractivity contribution < 1.29 is 19.1 Å². The highest BCUT2D eigenvalue weighted by molar-refractivity contribution is 7.99. The number of allylic oxidation sites excluding steroid dienone is 1. The molecule has 10 heteroatoms. The maximum atomic E-state index is 12.4. The van der Waals surface area contributed by atoms with Crippen LogP contribution in [0.25, 0.3) is 11.4 Å². The summed E-state index contributed by atoms with van der Waals surface area (Å²) in [5.41, 5.74) is 6.96. The molecule has 0 aliphatic carbocycles. The quantitative estimate of drug-likeness (QED) is 0.357. The number of nitrogens with zero attached hydrogens (tertiary/aromatic N) is 3. The molecule has 0 saturated carbocycles. The highest BCUT2D eigenvalue weighted by atomic mass is 32.2. The zero-order valence-corrected chi connectivity index (χ0v) is 18.5. The van der Waals surface area contributed by atoms with E-state index in [1.165, 1.54) is 11.8 Å². The lowest BCUT2D eigenvalue weighted by Crippen LogP contribution is -2.15. The number of amides is 2. The molecule has 166 valence electrons. The first-order valence-corrected chi connectivity index (χ1v) is 10.5. The van der Waals surface area contributed by atoms with Gasteiger partial charge in [0.05, 0.1) is 20.0 Å². The molecule has 0 aliphatic rings. The van der Waals surface area contributed by atoms with Crippen LogP contribution in [0.1, 0.15) is 10.4 Å². The number of thioether (sulfide) groups is 1. The van der Waals surface area contributed by atoms with E-state index in [1.54, 1.807) is 50.6 Å². The fraction of sp³-hybridized carbons (Fsp3) is 0.182. The Morgan fingerprint density at radius 3 is 2.47 bits per heavy atom. The second kappa shape index (κ2) is 10.5. The van der Waals surface area contributed by atoms with Gasteiger partial charge in [-0.1, -0.05) is 17.8 Å². The van der Waals surface area contributed by atoms with Crippen LogP contribution >= 0.6 is 11.8 Å². The number of anilines is 1. The topological polar surface area (TPSA) is 121 Å².